The van der Waals surface area contributed by atoms with E-state index in [4.69, 9.17) is 9.47 Å². The fraction of sp³-hybridized carbons (Fsp3) is 0.250. The molecule has 2 aromatic rings. The molecule has 5 heteroatoms. The molecule has 1 aromatic heterocycles. The lowest BCUT2D eigenvalue weighted by atomic mass is 10.1. The molecule has 0 saturated carbocycles. The summed E-state index contributed by atoms with van der Waals surface area (Å²) in [6, 6.07) is 10.6. The Balaban J connectivity index is 2.12. The molecule has 0 saturated heterocycles. The van der Waals surface area contributed by atoms with Crippen molar-refractivity contribution in [2.75, 3.05) is 14.2 Å². The van der Waals surface area contributed by atoms with Gasteiger partial charge in [-0.1, -0.05) is 18.2 Å². The number of carbonyl (C=O) groups excluding carboxylic acids is 1. The Morgan fingerprint density at radius 3 is 2.57 bits per heavy atom. The average Bonchev–Trinajstić information content (AvgIpc) is 2.56. The molecule has 0 aliphatic heterocycles. The summed E-state index contributed by atoms with van der Waals surface area (Å²) in [5.41, 5.74) is 1.83. The Hall–Kier alpha value is -2.40. The predicted molar refractivity (Wildman–Crippen MR) is 78.8 cm³/mol. The molecule has 1 atom stereocenters. The highest BCUT2D eigenvalue weighted by molar-refractivity contribution is 5.77. The first kappa shape index (κ1) is 15.0. The highest BCUT2D eigenvalue weighted by Crippen LogP contribution is 2.19. The maximum absolute atomic E-state index is 12.0. The second kappa shape index (κ2) is 7.40. The van der Waals surface area contributed by atoms with Crippen molar-refractivity contribution >= 4 is 5.97 Å². The van der Waals surface area contributed by atoms with Crippen LogP contribution in [0, 0.1) is 0 Å². The van der Waals surface area contributed by atoms with Crippen LogP contribution in [0.4, 0.5) is 0 Å². The molecule has 5 nitrogen and oxygen atoms in total. The number of ether oxygens (including phenoxy) is 2. The second-order valence-electron chi connectivity index (χ2n) is 4.47. The van der Waals surface area contributed by atoms with E-state index in [1.807, 2.05) is 36.4 Å². The van der Waals surface area contributed by atoms with Crippen LogP contribution in [-0.2, 0) is 16.1 Å². The fourth-order valence-corrected chi connectivity index (χ4v) is 1.97. The third kappa shape index (κ3) is 4.03. The van der Waals surface area contributed by atoms with Crippen LogP contribution in [0.5, 0.6) is 5.75 Å². The van der Waals surface area contributed by atoms with Gasteiger partial charge in [-0.3, -0.25) is 10.3 Å². The minimum Gasteiger partial charge on any atom is -0.497 e. The number of rotatable bonds is 6. The number of hydrogen-bond donors (Lipinski definition) is 1. The van der Waals surface area contributed by atoms with E-state index >= 15 is 0 Å². The Kier molecular flexibility index (Phi) is 5.29. The quantitative estimate of drug-likeness (QED) is 0.824. The molecule has 0 fully saturated rings. The van der Waals surface area contributed by atoms with Gasteiger partial charge in [-0.2, -0.15) is 0 Å². The Labute approximate surface area is 123 Å². The number of pyridine rings is 1. The van der Waals surface area contributed by atoms with E-state index in [0.717, 1.165) is 16.9 Å². The number of carbonyl (C=O) groups is 1. The molecule has 1 heterocycles. The zero-order chi connectivity index (χ0) is 15.1. The van der Waals surface area contributed by atoms with Crippen molar-refractivity contribution in [1.82, 2.24) is 10.3 Å². The Bertz CT molecular complexity index is 570. The van der Waals surface area contributed by atoms with Crippen LogP contribution >= 0.6 is 0 Å². The number of benzene rings is 1. The number of esters is 1. The van der Waals surface area contributed by atoms with Crippen LogP contribution in [0.15, 0.2) is 48.8 Å². The van der Waals surface area contributed by atoms with Gasteiger partial charge in [-0.15, -0.1) is 0 Å². The molecular formula is C16H18N2O3. The van der Waals surface area contributed by atoms with Crippen molar-refractivity contribution in [2.45, 2.75) is 12.6 Å². The first-order valence-corrected chi connectivity index (χ1v) is 6.58. The van der Waals surface area contributed by atoms with Gasteiger partial charge in [0, 0.05) is 18.9 Å². The van der Waals surface area contributed by atoms with Crippen LogP contribution in [0.2, 0.25) is 0 Å². The van der Waals surface area contributed by atoms with Crippen LogP contribution < -0.4 is 10.1 Å². The molecule has 110 valence electrons. The molecule has 0 bridgehead atoms. The van der Waals surface area contributed by atoms with Crippen LogP contribution in [0.25, 0.3) is 0 Å². The zero-order valence-electron chi connectivity index (χ0n) is 12.1. The SMILES string of the molecule is COC(=O)C(NCc1cccnc1)c1ccc(OC)cc1. The van der Waals surface area contributed by atoms with E-state index in [-0.39, 0.29) is 5.97 Å². The van der Waals surface area contributed by atoms with E-state index in [2.05, 4.69) is 10.3 Å². The highest BCUT2D eigenvalue weighted by atomic mass is 16.5. The minimum atomic E-state index is -0.527. The molecule has 2 rings (SSSR count). The van der Waals surface area contributed by atoms with Gasteiger partial charge in [0.2, 0.25) is 0 Å². The smallest absolute Gasteiger partial charge is 0.327 e. The number of hydrogen-bond acceptors (Lipinski definition) is 5. The molecule has 1 N–H and O–H groups in total. The standard InChI is InChI=1S/C16H18N2O3/c1-20-14-7-5-13(6-8-14)15(16(19)21-2)18-11-12-4-3-9-17-10-12/h3-10,15,18H,11H2,1-2H3. The van der Waals surface area contributed by atoms with Crippen molar-refractivity contribution in [3.05, 3.63) is 59.9 Å². The molecule has 0 spiro atoms. The highest BCUT2D eigenvalue weighted by Gasteiger charge is 2.20. The van der Waals surface area contributed by atoms with Gasteiger partial charge >= 0.3 is 5.97 Å². The average molecular weight is 286 g/mol. The molecule has 1 unspecified atom stereocenters. The van der Waals surface area contributed by atoms with E-state index in [0.29, 0.717) is 6.54 Å². The molecule has 0 radical (unpaired) electrons. The topological polar surface area (TPSA) is 60.5 Å². The van der Waals surface area contributed by atoms with Crippen LogP contribution in [0.1, 0.15) is 17.2 Å². The monoisotopic (exact) mass is 286 g/mol. The van der Waals surface area contributed by atoms with Crippen molar-refractivity contribution in [3.63, 3.8) is 0 Å². The fourth-order valence-electron chi connectivity index (χ4n) is 1.97. The van der Waals surface area contributed by atoms with E-state index in [1.165, 1.54) is 7.11 Å². The number of nitrogens with zero attached hydrogens (tertiary/aromatic N) is 1. The summed E-state index contributed by atoms with van der Waals surface area (Å²) < 4.78 is 9.98. The zero-order valence-corrected chi connectivity index (χ0v) is 12.1. The second-order valence-corrected chi connectivity index (χ2v) is 4.47. The third-order valence-corrected chi connectivity index (χ3v) is 3.12. The molecule has 0 aliphatic carbocycles. The summed E-state index contributed by atoms with van der Waals surface area (Å²) in [7, 11) is 2.98. The maximum Gasteiger partial charge on any atom is 0.327 e. The predicted octanol–water partition coefficient (Wildman–Crippen LogP) is 2.09. The van der Waals surface area contributed by atoms with Gasteiger partial charge in [0.15, 0.2) is 0 Å². The molecular weight excluding hydrogens is 268 g/mol. The van der Waals surface area contributed by atoms with Gasteiger partial charge in [0.05, 0.1) is 14.2 Å². The number of aromatic nitrogens is 1. The molecule has 21 heavy (non-hydrogen) atoms. The Morgan fingerprint density at radius 2 is 2.00 bits per heavy atom. The first-order valence-electron chi connectivity index (χ1n) is 6.58. The Morgan fingerprint density at radius 1 is 1.24 bits per heavy atom. The summed E-state index contributed by atoms with van der Waals surface area (Å²) in [5.74, 6) is 0.415. The van der Waals surface area contributed by atoms with Crippen molar-refractivity contribution < 1.29 is 14.3 Å². The lowest BCUT2D eigenvalue weighted by Gasteiger charge is -2.17. The molecule has 1 aromatic carbocycles. The van der Waals surface area contributed by atoms with Crippen molar-refractivity contribution in [2.24, 2.45) is 0 Å². The largest absolute Gasteiger partial charge is 0.497 e. The van der Waals surface area contributed by atoms with Gasteiger partial charge in [0.1, 0.15) is 11.8 Å². The van der Waals surface area contributed by atoms with E-state index < -0.39 is 6.04 Å². The van der Waals surface area contributed by atoms with Crippen molar-refractivity contribution in [1.29, 1.82) is 0 Å². The number of nitrogens with one attached hydrogen (secondary N) is 1. The summed E-state index contributed by atoms with van der Waals surface area (Å²) in [6.45, 7) is 0.527. The summed E-state index contributed by atoms with van der Waals surface area (Å²) in [6.07, 6.45) is 3.47. The van der Waals surface area contributed by atoms with E-state index in [1.54, 1.807) is 19.5 Å². The van der Waals surface area contributed by atoms with Gasteiger partial charge in [0.25, 0.3) is 0 Å². The van der Waals surface area contributed by atoms with Gasteiger partial charge < -0.3 is 9.47 Å². The third-order valence-electron chi connectivity index (χ3n) is 3.12. The lowest BCUT2D eigenvalue weighted by molar-refractivity contribution is -0.143. The van der Waals surface area contributed by atoms with Gasteiger partial charge in [-0.25, -0.2) is 4.79 Å². The van der Waals surface area contributed by atoms with Crippen LogP contribution in [-0.4, -0.2) is 25.2 Å². The normalized spacial score (nSPS) is 11.7. The van der Waals surface area contributed by atoms with E-state index in [9.17, 15) is 4.79 Å². The van der Waals surface area contributed by atoms with Gasteiger partial charge in [-0.05, 0) is 29.3 Å². The number of methoxy groups -OCH3 is 2. The summed E-state index contributed by atoms with van der Waals surface area (Å²) in [5, 5.41) is 3.19. The lowest BCUT2D eigenvalue weighted by Crippen LogP contribution is -2.29. The maximum atomic E-state index is 12.0. The van der Waals surface area contributed by atoms with Crippen molar-refractivity contribution in [3.8, 4) is 5.75 Å². The van der Waals surface area contributed by atoms with Crippen LogP contribution in [0.3, 0.4) is 0 Å². The molecule has 0 aliphatic rings. The summed E-state index contributed by atoms with van der Waals surface area (Å²) >= 11 is 0. The molecule has 0 amide bonds. The summed E-state index contributed by atoms with van der Waals surface area (Å²) in [4.78, 5) is 16.0. The first-order chi connectivity index (χ1) is 10.2. The minimum absolute atomic E-state index is 0.330.